The van der Waals surface area contributed by atoms with E-state index in [9.17, 15) is 13.2 Å². The van der Waals surface area contributed by atoms with Crippen LogP contribution in [0.15, 0.2) is 65.1 Å². The Bertz CT molecular complexity index is 1000. The molecule has 0 bridgehead atoms. The third-order valence-electron chi connectivity index (χ3n) is 4.37. The Hall–Kier alpha value is -2.15. The summed E-state index contributed by atoms with van der Waals surface area (Å²) in [5, 5.41) is 0.144. The zero-order chi connectivity index (χ0) is 19.6. The number of carbonyl (C=O) groups excluding carboxylic acids is 1. The summed E-state index contributed by atoms with van der Waals surface area (Å²) in [6, 6.07) is 13.0. The first kappa shape index (κ1) is 19.6. The van der Waals surface area contributed by atoms with E-state index in [1.54, 1.807) is 25.1 Å². The molecule has 0 N–H and O–H groups in total. The summed E-state index contributed by atoms with van der Waals surface area (Å²) in [6.07, 6.45) is 1.61. The van der Waals surface area contributed by atoms with Crippen LogP contribution in [-0.2, 0) is 19.6 Å². The molecule has 1 atom stereocenters. The number of hydrogen-bond acceptors (Lipinski definition) is 4. The van der Waals surface area contributed by atoms with Crippen molar-refractivity contribution in [3.05, 3.63) is 76.3 Å². The molecule has 1 aliphatic rings. The second kappa shape index (κ2) is 7.84. The fourth-order valence-electron chi connectivity index (χ4n) is 3.17. The smallest absolute Gasteiger partial charge is 0.335 e. The van der Waals surface area contributed by atoms with Crippen molar-refractivity contribution in [3.8, 4) is 0 Å². The Kier molecular flexibility index (Phi) is 5.69. The number of sulfonamides is 1. The molecule has 3 rings (SSSR count). The van der Waals surface area contributed by atoms with E-state index in [1.165, 1.54) is 16.4 Å². The van der Waals surface area contributed by atoms with Crippen molar-refractivity contribution in [2.75, 3.05) is 13.2 Å². The van der Waals surface area contributed by atoms with Gasteiger partial charge in [-0.05, 0) is 31.5 Å². The molecule has 7 heteroatoms. The van der Waals surface area contributed by atoms with Crippen LogP contribution in [-0.4, -0.2) is 31.8 Å². The first-order valence-corrected chi connectivity index (χ1v) is 10.4. The number of benzene rings is 2. The number of aryl methyl sites for hydroxylation is 1. The van der Waals surface area contributed by atoms with Gasteiger partial charge in [0.25, 0.3) is 0 Å². The largest absolute Gasteiger partial charge is 0.463 e. The third-order valence-corrected chi connectivity index (χ3v) is 6.70. The van der Waals surface area contributed by atoms with E-state index >= 15 is 0 Å². The minimum atomic E-state index is -3.92. The van der Waals surface area contributed by atoms with Gasteiger partial charge < -0.3 is 4.74 Å². The first-order chi connectivity index (χ1) is 12.9. The van der Waals surface area contributed by atoms with Crippen LogP contribution in [0.3, 0.4) is 0 Å². The second-order valence-electron chi connectivity index (χ2n) is 6.20. The molecule has 0 fully saturated rings. The van der Waals surface area contributed by atoms with Crippen molar-refractivity contribution < 1.29 is 17.9 Å². The van der Waals surface area contributed by atoms with Gasteiger partial charge in [0.15, 0.2) is 0 Å². The maximum atomic E-state index is 13.3. The van der Waals surface area contributed by atoms with Crippen LogP contribution in [0.4, 0.5) is 0 Å². The average Bonchev–Trinajstić information content (AvgIpc) is 3.08. The Morgan fingerprint density at radius 3 is 2.63 bits per heavy atom. The Balaban J connectivity index is 2.10. The number of carbonyl (C=O) groups is 1. The van der Waals surface area contributed by atoms with E-state index in [4.69, 9.17) is 16.3 Å². The Morgan fingerprint density at radius 1 is 1.22 bits per heavy atom. The zero-order valence-electron chi connectivity index (χ0n) is 15.1. The molecule has 142 valence electrons. The predicted octanol–water partition coefficient (Wildman–Crippen LogP) is 3.88. The molecule has 1 aliphatic heterocycles. The highest BCUT2D eigenvalue weighted by molar-refractivity contribution is 7.89. The van der Waals surface area contributed by atoms with Gasteiger partial charge in [0.05, 0.1) is 23.2 Å². The van der Waals surface area contributed by atoms with Crippen LogP contribution in [0.5, 0.6) is 0 Å². The van der Waals surface area contributed by atoms with E-state index in [-0.39, 0.29) is 23.1 Å². The highest BCUT2D eigenvalue weighted by Gasteiger charge is 2.41. The quantitative estimate of drug-likeness (QED) is 0.708. The summed E-state index contributed by atoms with van der Waals surface area (Å²) in [4.78, 5) is 12.5. The van der Waals surface area contributed by atoms with E-state index < -0.39 is 22.0 Å². The molecule has 0 saturated heterocycles. The van der Waals surface area contributed by atoms with Crippen LogP contribution in [0.2, 0.25) is 5.02 Å². The minimum absolute atomic E-state index is 0.0165. The van der Waals surface area contributed by atoms with Gasteiger partial charge in [-0.2, -0.15) is 4.31 Å². The Morgan fingerprint density at radius 2 is 1.96 bits per heavy atom. The van der Waals surface area contributed by atoms with Crippen molar-refractivity contribution in [1.29, 1.82) is 0 Å². The summed E-state index contributed by atoms with van der Waals surface area (Å²) in [6.45, 7) is 3.92. The maximum Gasteiger partial charge on any atom is 0.335 e. The van der Waals surface area contributed by atoms with E-state index in [1.807, 2.05) is 31.2 Å². The van der Waals surface area contributed by atoms with Gasteiger partial charge >= 0.3 is 5.97 Å². The summed E-state index contributed by atoms with van der Waals surface area (Å²) < 4.78 is 33.0. The lowest BCUT2D eigenvalue weighted by Gasteiger charge is -2.27. The number of hydrogen-bond donors (Lipinski definition) is 0. The molecule has 0 aliphatic carbocycles. The first-order valence-electron chi connectivity index (χ1n) is 8.56. The average molecular weight is 406 g/mol. The second-order valence-corrected chi connectivity index (χ2v) is 8.47. The molecule has 0 amide bonds. The molecule has 1 heterocycles. The SMILES string of the molecule is CCOC(=O)C1=CCN(S(=O)(=O)c2ccccc2Cl)C1c1cccc(C)c1. The molecule has 0 saturated carbocycles. The van der Waals surface area contributed by atoms with Gasteiger partial charge in [-0.3, -0.25) is 0 Å². The molecule has 2 aromatic rings. The van der Waals surface area contributed by atoms with Crippen LogP contribution < -0.4 is 0 Å². The fourth-order valence-corrected chi connectivity index (χ4v) is 5.20. The highest BCUT2D eigenvalue weighted by Crippen LogP contribution is 2.39. The van der Waals surface area contributed by atoms with Crippen LogP contribution in [0.25, 0.3) is 0 Å². The standard InChI is InChI=1S/C20H20ClNO4S/c1-3-26-20(23)16-11-12-22(19(16)15-8-6-7-14(2)13-15)27(24,25)18-10-5-4-9-17(18)21/h4-11,13,19H,3,12H2,1-2H3. The molecule has 1 unspecified atom stereocenters. The van der Waals surface area contributed by atoms with Crippen LogP contribution in [0.1, 0.15) is 24.1 Å². The molecule has 0 radical (unpaired) electrons. The maximum absolute atomic E-state index is 13.3. The molecule has 0 spiro atoms. The topological polar surface area (TPSA) is 63.7 Å². The van der Waals surface area contributed by atoms with Gasteiger partial charge in [0, 0.05) is 6.54 Å². The highest BCUT2D eigenvalue weighted by atomic mass is 35.5. The monoisotopic (exact) mass is 405 g/mol. The lowest BCUT2D eigenvalue weighted by Crippen LogP contribution is -2.33. The molecule has 0 aromatic heterocycles. The predicted molar refractivity (Wildman–Crippen MR) is 104 cm³/mol. The summed E-state index contributed by atoms with van der Waals surface area (Å²) in [7, 11) is -3.92. The summed E-state index contributed by atoms with van der Waals surface area (Å²) in [5.41, 5.74) is 2.00. The summed E-state index contributed by atoms with van der Waals surface area (Å²) >= 11 is 6.14. The minimum Gasteiger partial charge on any atom is -0.463 e. The molecular weight excluding hydrogens is 386 g/mol. The molecular formula is C20H20ClNO4S. The van der Waals surface area contributed by atoms with Gasteiger partial charge in [0.1, 0.15) is 4.90 Å². The normalized spacial score (nSPS) is 17.6. The molecule has 27 heavy (non-hydrogen) atoms. The van der Waals surface area contributed by atoms with Gasteiger partial charge in [-0.15, -0.1) is 0 Å². The van der Waals surface area contributed by atoms with Crippen LogP contribution in [0, 0.1) is 6.92 Å². The zero-order valence-corrected chi connectivity index (χ0v) is 16.6. The lowest BCUT2D eigenvalue weighted by atomic mass is 9.99. The van der Waals surface area contributed by atoms with Crippen molar-refractivity contribution >= 4 is 27.6 Å². The van der Waals surface area contributed by atoms with Gasteiger partial charge in [-0.25, -0.2) is 13.2 Å². The number of rotatable bonds is 5. The van der Waals surface area contributed by atoms with Crippen molar-refractivity contribution in [1.82, 2.24) is 4.31 Å². The molecule has 5 nitrogen and oxygen atoms in total. The summed E-state index contributed by atoms with van der Waals surface area (Å²) in [5.74, 6) is -0.513. The number of esters is 1. The van der Waals surface area contributed by atoms with E-state index in [0.717, 1.165) is 5.56 Å². The third kappa shape index (κ3) is 3.78. The number of halogens is 1. The van der Waals surface area contributed by atoms with Gasteiger partial charge in [-0.1, -0.05) is 59.6 Å². The number of ether oxygens (including phenoxy) is 1. The van der Waals surface area contributed by atoms with Crippen molar-refractivity contribution in [2.45, 2.75) is 24.8 Å². The van der Waals surface area contributed by atoms with E-state index in [0.29, 0.717) is 11.1 Å². The Labute approximate surface area is 164 Å². The van der Waals surface area contributed by atoms with Crippen LogP contribution >= 0.6 is 11.6 Å². The molecule has 2 aromatic carbocycles. The van der Waals surface area contributed by atoms with Crippen molar-refractivity contribution in [3.63, 3.8) is 0 Å². The number of nitrogens with zero attached hydrogens (tertiary/aromatic N) is 1. The van der Waals surface area contributed by atoms with Crippen molar-refractivity contribution in [2.24, 2.45) is 0 Å². The van der Waals surface area contributed by atoms with Gasteiger partial charge in [0.2, 0.25) is 10.0 Å². The lowest BCUT2D eigenvalue weighted by molar-refractivity contribution is -0.138. The fraction of sp³-hybridized carbons (Fsp3) is 0.250. The van der Waals surface area contributed by atoms with E-state index in [2.05, 4.69) is 0 Å².